The van der Waals surface area contributed by atoms with Crippen molar-refractivity contribution < 1.29 is 35.8 Å². The van der Waals surface area contributed by atoms with Gasteiger partial charge in [-0.25, -0.2) is 16.8 Å². The molecule has 2 aliphatic heterocycles. The lowest BCUT2D eigenvalue weighted by molar-refractivity contribution is 0.0730. The largest absolute Gasteiger partial charge is 0.486 e. The topological polar surface area (TPSA) is 140 Å². The molecule has 0 saturated carbocycles. The molecule has 2 heterocycles. The maximum Gasteiger partial charge on any atom is 0.266 e. The SMILES string of the molecule is O=C(NNS(=O)(=O)c1ccc2c(c1)OCCO2)c1cccc(S(=O)(=O)N2CCOCC2)c1. The van der Waals surface area contributed by atoms with Gasteiger partial charge in [0.2, 0.25) is 10.0 Å². The van der Waals surface area contributed by atoms with E-state index in [0.717, 1.165) is 0 Å². The van der Waals surface area contributed by atoms with E-state index < -0.39 is 26.0 Å². The van der Waals surface area contributed by atoms with E-state index in [2.05, 4.69) is 5.43 Å². The van der Waals surface area contributed by atoms with Crippen LogP contribution in [0.4, 0.5) is 0 Å². The van der Waals surface area contributed by atoms with Gasteiger partial charge >= 0.3 is 0 Å². The van der Waals surface area contributed by atoms with Gasteiger partial charge in [-0.3, -0.25) is 10.2 Å². The Morgan fingerprint density at radius 1 is 0.844 bits per heavy atom. The first-order valence-electron chi connectivity index (χ1n) is 9.67. The summed E-state index contributed by atoms with van der Waals surface area (Å²) in [5.74, 6) is -0.103. The summed E-state index contributed by atoms with van der Waals surface area (Å²) in [6.07, 6.45) is 0. The van der Waals surface area contributed by atoms with Crippen molar-refractivity contribution in [3.05, 3.63) is 48.0 Å². The summed E-state index contributed by atoms with van der Waals surface area (Å²) in [4.78, 5) is 14.3. The molecule has 172 valence electrons. The number of hydrogen-bond donors (Lipinski definition) is 2. The van der Waals surface area contributed by atoms with Gasteiger partial charge in [-0.2, -0.15) is 4.31 Å². The molecule has 2 aromatic rings. The standard InChI is InChI=1S/C19H21N3O8S2/c23-19(14-2-1-3-16(12-14)32(26,27)22-6-8-28-9-7-22)20-21-31(24,25)15-4-5-17-18(13-15)30-11-10-29-17/h1-5,12-13,21H,6-11H2,(H,20,23). The number of carbonyl (C=O) groups excluding carboxylic acids is 1. The molecule has 0 atom stereocenters. The smallest absolute Gasteiger partial charge is 0.266 e. The average Bonchev–Trinajstić information content (AvgIpc) is 2.83. The van der Waals surface area contributed by atoms with E-state index in [-0.39, 0.29) is 34.2 Å². The van der Waals surface area contributed by atoms with Crippen molar-refractivity contribution in [1.29, 1.82) is 0 Å². The van der Waals surface area contributed by atoms with Crippen molar-refractivity contribution in [3.8, 4) is 11.5 Å². The number of amides is 1. The van der Waals surface area contributed by atoms with Gasteiger partial charge in [0.05, 0.1) is 23.0 Å². The van der Waals surface area contributed by atoms with E-state index in [1.54, 1.807) is 0 Å². The first-order chi connectivity index (χ1) is 15.3. The summed E-state index contributed by atoms with van der Waals surface area (Å²) in [7, 11) is -7.91. The third-order valence-electron chi connectivity index (χ3n) is 4.83. The van der Waals surface area contributed by atoms with Crippen LogP contribution in [0.15, 0.2) is 52.3 Å². The molecule has 0 aromatic heterocycles. The van der Waals surface area contributed by atoms with Gasteiger partial charge in [-0.15, -0.1) is 4.83 Å². The van der Waals surface area contributed by atoms with Crippen LogP contribution in [0.5, 0.6) is 11.5 Å². The van der Waals surface area contributed by atoms with Gasteiger partial charge in [-0.1, -0.05) is 6.07 Å². The zero-order valence-corrected chi connectivity index (χ0v) is 18.4. The monoisotopic (exact) mass is 483 g/mol. The van der Waals surface area contributed by atoms with Crippen LogP contribution in [0.25, 0.3) is 0 Å². The molecule has 0 aliphatic carbocycles. The highest BCUT2D eigenvalue weighted by Crippen LogP contribution is 2.32. The fraction of sp³-hybridized carbons (Fsp3) is 0.316. The molecule has 2 aliphatic rings. The Balaban J connectivity index is 1.47. The molecule has 32 heavy (non-hydrogen) atoms. The Bertz CT molecular complexity index is 1220. The van der Waals surface area contributed by atoms with Crippen LogP contribution in [0, 0.1) is 0 Å². The van der Waals surface area contributed by atoms with Crippen LogP contribution in [-0.2, 0) is 24.8 Å². The molecule has 13 heteroatoms. The average molecular weight is 484 g/mol. The van der Waals surface area contributed by atoms with Crippen LogP contribution < -0.4 is 19.7 Å². The number of nitrogens with one attached hydrogen (secondary N) is 2. The summed E-state index contributed by atoms with van der Waals surface area (Å²) < 4.78 is 67.9. The third kappa shape index (κ3) is 4.71. The highest BCUT2D eigenvalue weighted by Gasteiger charge is 2.27. The Morgan fingerprint density at radius 2 is 1.56 bits per heavy atom. The normalized spacial score (nSPS) is 17.0. The summed E-state index contributed by atoms with van der Waals surface area (Å²) in [5.41, 5.74) is 2.07. The number of sulfonamides is 2. The van der Waals surface area contributed by atoms with Gasteiger partial charge in [0.1, 0.15) is 13.2 Å². The van der Waals surface area contributed by atoms with Crippen molar-refractivity contribution in [2.45, 2.75) is 9.79 Å². The number of rotatable bonds is 6. The van der Waals surface area contributed by atoms with E-state index >= 15 is 0 Å². The summed E-state index contributed by atoms with van der Waals surface area (Å²) >= 11 is 0. The molecule has 4 rings (SSSR count). The second-order valence-electron chi connectivity index (χ2n) is 6.91. The maximum atomic E-state index is 12.8. The molecule has 2 N–H and O–H groups in total. The summed E-state index contributed by atoms with van der Waals surface area (Å²) in [5, 5.41) is 0. The molecule has 2 aromatic carbocycles. The predicted octanol–water partition coefficient (Wildman–Crippen LogP) is 0.102. The van der Waals surface area contributed by atoms with Crippen LogP contribution in [0.3, 0.4) is 0 Å². The second-order valence-corrected chi connectivity index (χ2v) is 10.5. The van der Waals surface area contributed by atoms with Crippen molar-refractivity contribution in [3.63, 3.8) is 0 Å². The minimum Gasteiger partial charge on any atom is -0.486 e. The first-order valence-corrected chi connectivity index (χ1v) is 12.6. The van der Waals surface area contributed by atoms with Crippen LogP contribution in [0.1, 0.15) is 10.4 Å². The van der Waals surface area contributed by atoms with Gasteiger partial charge in [0, 0.05) is 24.7 Å². The summed E-state index contributed by atoms with van der Waals surface area (Å²) in [6.45, 7) is 1.68. The molecule has 1 amide bonds. The Morgan fingerprint density at radius 3 is 2.31 bits per heavy atom. The Labute approximate surface area is 185 Å². The van der Waals surface area contributed by atoms with Gasteiger partial charge < -0.3 is 14.2 Å². The Kier molecular flexibility index (Phi) is 6.35. The van der Waals surface area contributed by atoms with E-state index in [1.165, 1.54) is 46.8 Å². The van der Waals surface area contributed by atoms with Crippen molar-refractivity contribution in [2.75, 3.05) is 39.5 Å². The molecular formula is C19H21N3O8S2. The van der Waals surface area contributed by atoms with E-state index in [4.69, 9.17) is 14.2 Å². The third-order valence-corrected chi connectivity index (χ3v) is 7.97. The molecule has 1 saturated heterocycles. The lowest BCUT2D eigenvalue weighted by Gasteiger charge is -2.26. The van der Waals surface area contributed by atoms with Crippen LogP contribution >= 0.6 is 0 Å². The lowest BCUT2D eigenvalue weighted by Crippen LogP contribution is -2.42. The van der Waals surface area contributed by atoms with E-state index in [9.17, 15) is 21.6 Å². The zero-order valence-electron chi connectivity index (χ0n) is 16.8. The molecule has 1 fully saturated rings. The van der Waals surface area contributed by atoms with Crippen molar-refractivity contribution in [1.82, 2.24) is 14.6 Å². The van der Waals surface area contributed by atoms with Crippen molar-refractivity contribution in [2.24, 2.45) is 0 Å². The minimum atomic E-state index is -4.11. The fourth-order valence-corrected chi connectivity index (χ4v) is 5.48. The second kappa shape index (κ2) is 9.03. The number of ether oxygens (including phenoxy) is 3. The highest BCUT2D eigenvalue weighted by molar-refractivity contribution is 7.89. The maximum absolute atomic E-state index is 12.8. The van der Waals surface area contributed by atoms with Gasteiger partial charge in [-0.05, 0) is 30.3 Å². The summed E-state index contributed by atoms with van der Waals surface area (Å²) in [6, 6.07) is 9.43. The van der Waals surface area contributed by atoms with E-state index in [0.29, 0.717) is 32.2 Å². The molecule has 0 bridgehead atoms. The first kappa shape index (κ1) is 22.5. The van der Waals surface area contributed by atoms with E-state index in [1.807, 2.05) is 4.83 Å². The van der Waals surface area contributed by atoms with Crippen LogP contribution in [0.2, 0.25) is 0 Å². The molecular weight excluding hydrogens is 462 g/mol. The molecule has 11 nitrogen and oxygen atoms in total. The van der Waals surface area contributed by atoms with Gasteiger partial charge in [0.15, 0.2) is 11.5 Å². The highest BCUT2D eigenvalue weighted by atomic mass is 32.2. The molecule has 0 spiro atoms. The van der Waals surface area contributed by atoms with Gasteiger partial charge in [0.25, 0.3) is 15.9 Å². The number of morpholine rings is 1. The fourth-order valence-electron chi connectivity index (χ4n) is 3.17. The predicted molar refractivity (Wildman–Crippen MR) is 111 cm³/mol. The minimum absolute atomic E-state index is 0.0239. The van der Waals surface area contributed by atoms with Crippen molar-refractivity contribution >= 4 is 26.0 Å². The number of carbonyl (C=O) groups is 1. The van der Waals surface area contributed by atoms with Crippen LogP contribution in [-0.4, -0.2) is 66.6 Å². The Hall–Kier alpha value is -2.71. The number of hydrazine groups is 1. The molecule has 0 unspecified atom stereocenters. The number of benzene rings is 2. The number of nitrogens with zero attached hydrogens (tertiary/aromatic N) is 1. The lowest BCUT2D eigenvalue weighted by atomic mass is 10.2. The number of fused-ring (bicyclic) bond motifs is 1. The molecule has 0 radical (unpaired) electrons. The quantitative estimate of drug-likeness (QED) is 0.552. The zero-order chi connectivity index (χ0) is 22.8. The number of hydrogen-bond acceptors (Lipinski definition) is 8.